The number of ketones is 2. The number of Topliss-reactive ketones (excluding diaryl/α,β-unsaturated/α-hetero) is 1. The third kappa shape index (κ3) is 0.649. The van der Waals surface area contributed by atoms with Crippen molar-refractivity contribution in [2.24, 2.45) is 5.92 Å². The van der Waals surface area contributed by atoms with Crippen LogP contribution in [0, 0.1) is 5.92 Å². The Kier molecular flexibility index (Phi) is 1.04. The van der Waals surface area contributed by atoms with E-state index in [1.807, 2.05) is 0 Å². The van der Waals surface area contributed by atoms with Gasteiger partial charge in [-0.25, -0.2) is 0 Å². The van der Waals surface area contributed by atoms with E-state index in [4.69, 9.17) is 0 Å². The topological polar surface area (TPSA) is 34.1 Å². The number of hydrogen-bond donors (Lipinski definition) is 0. The summed E-state index contributed by atoms with van der Waals surface area (Å²) < 4.78 is 0. The minimum Gasteiger partial charge on any atom is -0.295 e. The number of fused-ring (bicyclic) bond motifs is 1. The Balaban J connectivity index is 2.37. The van der Waals surface area contributed by atoms with Gasteiger partial charge in [-0.15, -0.1) is 0 Å². The van der Waals surface area contributed by atoms with E-state index in [9.17, 15) is 9.59 Å². The lowest BCUT2D eigenvalue weighted by molar-refractivity contribution is -0.116. The van der Waals surface area contributed by atoms with Crippen LogP contribution in [0.15, 0.2) is 11.6 Å². The predicted molar refractivity (Wildman–Crippen MR) is 35.4 cm³/mol. The lowest BCUT2D eigenvalue weighted by Gasteiger charge is -1.96. The van der Waals surface area contributed by atoms with Crippen LogP contribution in [0.4, 0.5) is 0 Å². The molecule has 1 fully saturated rings. The molecule has 52 valence electrons. The average molecular weight is 136 g/mol. The van der Waals surface area contributed by atoms with Crippen LogP contribution in [0.3, 0.4) is 0 Å². The molecule has 2 aliphatic carbocycles. The monoisotopic (exact) mass is 136 g/mol. The van der Waals surface area contributed by atoms with Crippen LogP contribution in [-0.2, 0) is 9.59 Å². The third-order valence-electron chi connectivity index (χ3n) is 2.25. The Bertz CT molecular complexity index is 238. The molecule has 10 heavy (non-hydrogen) atoms. The van der Waals surface area contributed by atoms with Crippen molar-refractivity contribution in [2.45, 2.75) is 19.3 Å². The maximum Gasteiger partial charge on any atom is 0.159 e. The van der Waals surface area contributed by atoms with Crippen molar-refractivity contribution >= 4 is 11.6 Å². The first-order chi connectivity index (χ1) is 4.77. The van der Waals surface area contributed by atoms with E-state index in [-0.39, 0.29) is 11.6 Å². The normalized spacial score (nSPS) is 30.8. The number of hydrogen-bond acceptors (Lipinski definition) is 2. The summed E-state index contributed by atoms with van der Waals surface area (Å²) in [6, 6.07) is 0. The Hall–Kier alpha value is -0.920. The van der Waals surface area contributed by atoms with Crippen molar-refractivity contribution in [3.63, 3.8) is 0 Å². The zero-order valence-electron chi connectivity index (χ0n) is 5.59. The summed E-state index contributed by atoms with van der Waals surface area (Å²) in [5, 5.41) is 0. The van der Waals surface area contributed by atoms with E-state index < -0.39 is 0 Å². The van der Waals surface area contributed by atoms with Crippen LogP contribution in [-0.4, -0.2) is 11.6 Å². The molecule has 1 unspecified atom stereocenters. The summed E-state index contributed by atoms with van der Waals surface area (Å²) in [5.41, 5.74) is 0.796. The summed E-state index contributed by atoms with van der Waals surface area (Å²) >= 11 is 0. The molecule has 0 aromatic rings. The van der Waals surface area contributed by atoms with Crippen molar-refractivity contribution in [3.05, 3.63) is 11.6 Å². The maximum atomic E-state index is 11.0. The van der Waals surface area contributed by atoms with Gasteiger partial charge in [-0.05, 0) is 18.4 Å². The van der Waals surface area contributed by atoms with Crippen molar-refractivity contribution in [1.29, 1.82) is 0 Å². The summed E-state index contributed by atoms with van der Waals surface area (Å²) in [6.07, 6.45) is 3.67. The van der Waals surface area contributed by atoms with E-state index in [0.717, 1.165) is 12.0 Å². The molecule has 2 rings (SSSR count). The van der Waals surface area contributed by atoms with Gasteiger partial charge in [-0.3, -0.25) is 9.59 Å². The lowest BCUT2D eigenvalue weighted by atomic mass is 10.1. The first kappa shape index (κ1) is 5.83. The Labute approximate surface area is 58.9 Å². The maximum absolute atomic E-state index is 11.0. The van der Waals surface area contributed by atoms with E-state index >= 15 is 0 Å². The van der Waals surface area contributed by atoms with E-state index in [1.165, 1.54) is 6.08 Å². The molecule has 0 spiro atoms. The number of carbonyl (C=O) groups excluding carboxylic acids is 2. The van der Waals surface area contributed by atoms with Gasteiger partial charge >= 0.3 is 0 Å². The molecule has 0 heterocycles. The fourth-order valence-electron chi connectivity index (χ4n) is 1.72. The first-order valence-corrected chi connectivity index (χ1v) is 3.55. The fourth-order valence-corrected chi connectivity index (χ4v) is 1.72. The molecule has 0 aliphatic heterocycles. The zero-order chi connectivity index (χ0) is 7.14. The molecule has 0 aromatic carbocycles. The number of rotatable bonds is 0. The van der Waals surface area contributed by atoms with Gasteiger partial charge in [-0.2, -0.15) is 0 Å². The summed E-state index contributed by atoms with van der Waals surface area (Å²) in [4.78, 5) is 21.8. The van der Waals surface area contributed by atoms with E-state index in [0.29, 0.717) is 18.8 Å². The van der Waals surface area contributed by atoms with E-state index in [1.54, 1.807) is 0 Å². The zero-order valence-corrected chi connectivity index (χ0v) is 5.59. The molecular weight excluding hydrogens is 128 g/mol. The quantitative estimate of drug-likeness (QED) is 0.495. The van der Waals surface area contributed by atoms with Crippen LogP contribution < -0.4 is 0 Å². The van der Waals surface area contributed by atoms with Crippen LogP contribution in [0.5, 0.6) is 0 Å². The van der Waals surface area contributed by atoms with Crippen molar-refractivity contribution in [2.75, 3.05) is 0 Å². The summed E-state index contributed by atoms with van der Waals surface area (Å²) in [7, 11) is 0. The summed E-state index contributed by atoms with van der Waals surface area (Å²) in [5.74, 6) is 0.615. The molecular formula is C8H8O2. The van der Waals surface area contributed by atoms with E-state index in [2.05, 4.69) is 0 Å². The molecule has 2 heteroatoms. The Morgan fingerprint density at radius 3 is 2.90 bits per heavy atom. The highest BCUT2D eigenvalue weighted by atomic mass is 16.1. The molecule has 0 aromatic heterocycles. The first-order valence-electron chi connectivity index (χ1n) is 3.55. The van der Waals surface area contributed by atoms with Gasteiger partial charge in [0.2, 0.25) is 0 Å². The minimum atomic E-state index is 0.132. The number of carbonyl (C=O) groups is 2. The predicted octanol–water partition coefficient (Wildman–Crippen LogP) is 0.865. The van der Waals surface area contributed by atoms with Crippen molar-refractivity contribution < 1.29 is 9.59 Å². The van der Waals surface area contributed by atoms with Crippen LogP contribution in [0.1, 0.15) is 19.3 Å². The third-order valence-corrected chi connectivity index (χ3v) is 2.25. The van der Waals surface area contributed by atoms with Crippen molar-refractivity contribution in [3.8, 4) is 0 Å². The minimum absolute atomic E-state index is 0.132. The van der Waals surface area contributed by atoms with Gasteiger partial charge in [0.25, 0.3) is 0 Å². The van der Waals surface area contributed by atoms with Crippen LogP contribution in [0.25, 0.3) is 0 Å². The molecule has 1 saturated carbocycles. The highest BCUT2D eigenvalue weighted by molar-refractivity contribution is 6.08. The van der Waals surface area contributed by atoms with Gasteiger partial charge in [0.1, 0.15) is 0 Å². The second-order valence-corrected chi connectivity index (χ2v) is 2.93. The van der Waals surface area contributed by atoms with Gasteiger partial charge in [0.05, 0.1) is 0 Å². The lowest BCUT2D eigenvalue weighted by Crippen LogP contribution is -1.94. The van der Waals surface area contributed by atoms with Gasteiger partial charge in [-0.1, -0.05) is 0 Å². The average Bonchev–Trinajstić information content (AvgIpc) is 2.35. The second-order valence-electron chi connectivity index (χ2n) is 2.93. The number of allylic oxidation sites excluding steroid dienone is 2. The molecule has 2 aliphatic rings. The molecule has 1 atom stereocenters. The Morgan fingerprint density at radius 2 is 2.20 bits per heavy atom. The summed E-state index contributed by atoms with van der Waals surface area (Å²) in [6.45, 7) is 0. The second kappa shape index (κ2) is 1.78. The SMILES string of the molecule is O=C1C=C2C(=O)CCC2C1. The van der Waals surface area contributed by atoms with Gasteiger partial charge < -0.3 is 0 Å². The largest absolute Gasteiger partial charge is 0.295 e. The van der Waals surface area contributed by atoms with Gasteiger partial charge in [0.15, 0.2) is 11.6 Å². The molecule has 0 radical (unpaired) electrons. The molecule has 0 saturated heterocycles. The fraction of sp³-hybridized carbons (Fsp3) is 0.500. The van der Waals surface area contributed by atoms with Gasteiger partial charge in [0, 0.05) is 18.4 Å². The molecule has 0 amide bonds. The highest BCUT2D eigenvalue weighted by Gasteiger charge is 2.34. The van der Waals surface area contributed by atoms with Crippen LogP contribution >= 0.6 is 0 Å². The highest BCUT2D eigenvalue weighted by Crippen LogP contribution is 2.35. The molecule has 0 bridgehead atoms. The molecule has 2 nitrogen and oxygen atoms in total. The standard InChI is InChI=1S/C8H8O2/c9-6-3-5-1-2-8(10)7(5)4-6/h4-5H,1-3H2. The van der Waals surface area contributed by atoms with Crippen LogP contribution in [0.2, 0.25) is 0 Å². The van der Waals surface area contributed by atoms with Crippen molar-refractivity contribution in [1.82, 2.24) is 0 Å². The smallest absolute Gasteiger partial charge is 0.159 e. The Morgan fingerprint density at radius 1 is 1.40 bits per heavy atom. The molecule has 0 N–H and O–H groups in total.